The molecule has 116 valence electrons. The van der Waals surface area contributed by atoms with E-state index in [0.717, 1.165) is 12.5 Å². The molecule has 0 saturated heterocycles. The average molecular weight is 297 g/mol. The standard InChI is InChI=1S/C14H19NO6/c1-8-10(20-3)5-9(6-11(8)21-4)12(16)15-7-14(2,19)13(17)18/h5-6,19H,7H2,1-4H3,(H,15,16)(H,17,18). The summed E-state index contributed by atoms with van der Waals surface area (Å²) in [4.78, 5) is 22.8. The fraction of sp³-hybridized carbons (Fsp3) is 0.429. The van der Waals surface area contributed by atoms with Crippen molar-refractivity contribution >= 4 is 11.9 Å². The number of ether oxygens (including phenoxy) is 2. The molecule has 0 aliphatic rings. The van der Waals surface area contributed by atoms with Crippen LogP contribution in [0.15, 0.2) is 12.1 Å². The third-order valence-electron chi connectivity index (χ3n) is 3.07. The smallest absolute Gasteiger partial charge is 0.337 e. The highest BCUT2D eigenvalue weighted by molar-refractivity contribution is 5.95. The molecule has 1 aromatic carbocycles. The molecule has 0 bridgehead atoms. The predicted molar refractivity (Wildman–Crippen MR) is 74.9 cm³/mol. The minimum Gasteiger partial charge on any atom is -0.496 e. The number of amides is 1. The van der Waals surface area contributed by atoms with Crippen LogP contribution in [-0.2, 0) is 4.79 Å². The Morgan fingerprint density at radius 2 is 1.71 bits per heavy atom. The zero-order valence-electron chi connectivity index (χ0n) is 12.4. The minimum atomic E-state index is -2.03. The van der Waals surface area contributed by atoms with Gasteiger partial charge in [0.25, 0.3) is 5.91 Å². The van der Waals surface area contributed by atoms with Crippen molar-refractivity contribution < 1.29 is 29.3 Å². The second-order valence-corrected chi connectivity index (χ2v) is 4.77. The molecule has 0 aromatic heterocycles. The highest BCUT2D eigenvalue weighted by atomic mass is 16.5. The third kappa shape index (κ3) is 3.85. The Hall–Kier alpha value is -2.28. The summed E-state index contributed by atoms with van der Waals surface area (Å²) in [5, 5.41) is 20.7. The van der Waals surface area contributed by atoms with Gasteiger partial charge in [-0.15, -0.1) is 0 Å². The fourth-order valence-electron chi connectivity index (χ4n) is 1.65. The van der Waals surface area contributed by atoms with Gasteiger partial charge >= 0.3 is 5.97 Å². The third-order valence-corrected chi connectivity index (χ3v) is 3.07. The quantitative estimate of drug-likeness (QED) is 0.709. The molecule has 1 unspecified atom stereocenters. The number of nitrogens with one attached hydrogen (secondary N) is 1. The summed E-state index contributed by atoms with van der Waals surface area (Å²) < 4.78 is 10.3. The second-order valence-electron chi connectivity index (χ2n) is 4.77. The molecule has 1 aromatic rings. The van der Waals surface area contributed by atoms with Crippen molar-refractivity contribution in [2.45, 2.75) is 19.4 Å². The Labute approximate surface area is 122 Å². The van der Waals surface area contributed by atoms with Crippen molar-refractivity contribution in [1.82, 2.24) is 5.32 Å². The van der Waals surface area contributed by atoms with Crippen LogP contribution in [0.5, 0.6) is 11.5 Å². The van der Waals surface area contributed by atoms with Gasteiger partial charge in [0.2, 0.25) is 0 Å². The maximum atomic E-state index is 12.0. The molecule has 7 nitrogen and oxygen atoms in total. The lowest BCUT2D eigenvalue weighted by molar-refractivity contribution is -0.155. The number of aliphatic carboxylic acids is 1. The molecule has 7 heteroatoms. The van der Waals surface area contributed by atoms with Crippen molar-refractivity contribution in [2.75, 3.05) is 20.8 Å². The van der Waals surface area contributed by atoms with E-state index < -0.39 is 24.0 Å². The number of carboxylic acid groups (broad SMARTS) is 1. The summed E-state index contributed by atoms with van der Waals surface area (Å²) in [5.74, 6) is -0.996. The molecule has 0 heterocycles. The number of carboxylic acids is 1. The maximum absolute atomic E-state index is 12.0. The van der Waals surface area contributed by atoms with Crippen molar-refractivity contribution in [3.63, 3.8) is 0 Å². The Morgan fingerprint density at radius 1 is 1.24 bits per heavy atom. The van der Waals surface area contributed by atoms with Crippen LogP contribution in [0.4, 0.5) is 0 Å². The number of rotatable bonds is 6. The number of methoxy groups -OCH3 is 2. The minimum absolute atomic E-state index is 0.246. The molecular weight excluding hydrogens is 278 g/mol. The van der Waals surface area contributed by atoms with Gasteiger partial charge in [0.1, 0.15) is 11.5 Å². The van der Waals surface area contributed by atoms with Gasteiger partial charge in [0.05, 0.1) is 20.8 Å². The van der Waals surface area contributed by atoms with Gasteiger partial charge in [-0.3, -0.25) is 4.79 Å². The number of carbonyl (C=O) groups excluding carboxylic acids is 1. The Morgan fingerprint density at radius 3 is 2.10 bits per heavy atom. The second kappa shape index (κ2) is 6.45. The molecule has 3 N–H and O–H groups in total. The molecule has 0 aliphatic carbocycles. The molecule has 0 aliphatic heterocycles. The number of aliphatic hydroxyl groups is 1. The Bertz CT molecular complexity index is 527. The van der Waals surface area contributed by atoms with E-state index in [1.165, 1.54) is 26.4 Å². The van der Waals surface area contributed by atoms with Crippen LogP contribution < -0.4 is 14.8 Å². The number of benzene rings is 1. The van der Waals surface area contributed by atoms with E-state index in [-0.39, 0.29) is 5.56 Å². The summed E-state index contributed by atoms with van der Waals surface area (Å²) >= 11 is 0. The van der Waals surface area contributed by atoms with Gasteiger partial charge in [-0.1, -0.05) is 0 Å². The highest BCUT2D eigenvalue weighted by Gasteiger charge is 2.30. The van der Waals surface area contributed by atoms with Crippen LogP contribution >= 0.6 is 0 Å². The van der Waals surface area contributed by atoms with Gasteiger partial charge in [-0.25, -0.2) is 4.79 Å². The van der Waals surface area contributed by atoms with Crippen molar-refractivity contribution in [3.05, 3.63) is 23.3 Å². The van der Waals surface area contributed by atoms with Crippen LogP contribution in [0.3, 0.4) is 0 Å². The SMILES string of the molecule is COc1cc(C(=O)NCC(C)(O)C(=O)O)cc(OC)c1C. The maximum Gasteiger partial charge on any atom is 0.337 e. The van der Waals surface area contributed by atoms with Crippen LogP contribution in [0.25, 0.3) is 0 Å². The van der Waals surface area contributed by atoms with E-state index in [9.17, 15) is 14.7 Å². The van der Waals surface area contributed by atoms with Gasteiger partial charge in [-0.2, -0.15) is 0 Å². The van der Waals surface area contributed by atoms with Crippen LogP contribution in [0, 0.1) is 6.92 Å². The van der Waals surface area contributed by atoms with E-state index in [0.29, 0.717) is 11.5 Å². The van der Waals surface area contributed by atoms with E-state index in [1.54, 1.807) is 6.92 Å². The van der Waals surface area contributed by atoms with Crippen LogP contribution in [0.2, 0.25) is 0 Å². The average Bonchev–Trinajstić information content (AvgIpc) is 2.44. The normalized spacial score (nSPS) is 13.2. The van der Waals surface area contributed by atoms with Crippen molar-refractivity contribution in [2.24, 2.45) is 0 Å². The zero-order valence-corrected chi connectivity index (χ0v) is 12.4. The molecule has 1 rings (SSSR count). The first kappa shape index (κ1) is 16.8. The topological polar surface area (TPSA) is 105 Å². The molecule has 21 heavy (non-hydrogen) atoms. The molecule has 1 amide bonds. The van der Waals surface area contributed by atoms with Gasteiger partial charge in [0.15, 0.2) is 5.60 Å². The van der Waals surface area contributed by atoms with Gasteiger partial charge in [-0.05, 0) is 26.0 Å². The largest absolute Gasteiger partial charge is 0.496 e. The molecule has 0 saturated carbocycles. The summed E-state index contributed by atoms with van der Waals surface area (Å²) in [6.07, 6.45) is 0. The zero-order chi connectivity index (χ0) is 16.2. The first-order valence-electron chi connectivity index (χ1n) is 6.19. The highest BCUT2D eigenvalue weighted by Crippen LogP contribution is 2.29. The summed E-state index contributed by atoms with van der Waals surface area (Å²) in [6, 6.07) is 3.03. The fourth-order valence-corrected chi connectivity index (χ4v) is 1.65. The number of carbonyl (C=O) groups is 2. The van der Waals surface area contributed by atoms with Gasteiger partial charge in [0, 0.05) is 11.1 Å². The summed E-state index contributed by atoms with van der Waals surface area (Å²) in [6.45, 7) is 2.47. The summed E-state index contributed by atoms with van der Waals surface area (Å²) in [5.41, 5.74) is -1.04. The lowest BCUT2D eigenvalue weighted by Crippen LogP contribution is -2.46. The monoisotopic (exact) mass is 297 g/mol. The number of hydrogen-bond donors (Lipinski definition) is 3. The predicted octanol–water partition coefficient (Wildman–Crippen LogP) is 0.578. The van der Waals surface area contributed by atoms with Gasteiger partial charge < -0.3 is 25.0 Å². The molecule has 0 radical (unpaired) electrons. The summed E-state index contributed by atoms with van der Waals surface area (Å²) in [7, 11) is 2.94. The first-order valence-corrected chi connectivity index (χ1v) is 6.19. The lowest BCUT2D eigenvalue weighted by Gasteiger charge is -2.19. The van der Waals surface area contributed by atoms with Crippen molar-refractivity contribution in [3.8, 4) is 11.5 Å². The van der Waals surface area contributed by atoms with E-state index in [2.05, 4.69) is 5.32 Å². The first-order chi connectivity index (χ1) is 9.72. The molecule has 0 fully saturated rings. The Kier molecular flexibility index (Phi) is 5.15. The lowest BCUT2D eigenvalue weighted by atomic mass is 10.1. The Balaban J connectivity index is 2.95. The van der Waals surface area contributed by atoms with Crippen LogP contribution in [0.1, 0.15) is 22.8 Å². The molecule has 0 spiro atoms. The van der Waals surface area contributed by atoms with E-state index >= 15 is 0 Å². The molecule has 1 atom stereocenters. The van der Waals surface area contributed by atoms with E-state index in [1.807, 2.05) is 0 Å². The number of hydrogen-bond acceptors (Lipinski definition) is 5. The van der Waals surface area contributed by atoms with E-state index in [4.69, 9.17) is 14.6 Å². The van der Waals surface area contributed by atoms with Crippen LogP contribution in [-0.4, -0.2) is 48.5 Å². The molecular formula is C14H19NO6. The van der Waals surface area contributed by atoms with Crippen molar-refractivity contribution in [1.29, 1.82) is 0 Å².